The van der Waals surface area contributed by atoms with E-state index in [1.54, 1.807) is 6.07 Å². The predicted octanol–water partition coefficient (Wildman–Crippen LogP) is 1.54. The van der Waals surface area contributed by atoms with Gasteiger partial charge in [-0.1, -0.05) is 23.7 Å². The monoisotopic (exact) mass is 344 g/mol. The fourth-order valence-electron chi connectivity index (χ4n) is 2.49. The molecule has 2 rings (SSSR count). The minimum atomic E-state index is -2.89. The fraction of sp³-hybridized carbons (Fsp3) is 0.533. The number of hydrogen-bond donors (Lipinski definition) is 2. The summed E-state index contributed by atoms with van der Waals surface area (Å²) in [6.45, 7) is 2.57. The summed E-state index contributed by atoms with van der Waals surface area (Å²) in [4.78, 5) is 11.8. The highest BCUT2D eigenvalue weighted by Crippen LogP contribution is 2.18. The first-order valence-electron chi connectivity index (χ1n) is 7.32. The zero-order chi connectivity index (χ0) is 16.2. The molecule has 1 saturated heterocycles. The molecule has 5 nitrogen and oxygen atoms in total. The van der Waals surface area contributed by atoms with Crippen LogP contribution in [-0.2, 0) is 14.6 Å². The van der Waals surface area contributed by atoms with Crippen LogP contribution in [0.1, 0.15) is 24.9 Å². The molecule has 0 spiro atoms. The standard InChI is InChI=1S/C15H21ClN2O3S/c1-11(13-3-2-4-14(16)7-13)17-9-15(19)18-8-12-5-6-22(20,21)10-12/h2-4,7,11-12,17H,5-6,8-10H2,1H3,(H,18,19)/t11-,12-/m0/s1. The minimum Gasteiger partial charge on any atom is -0.355 e. The number of sulfone groups is 1. The van der Waals surface area contributed by atoms with Gasteiger partial charge in [0.2, 0.25) is 5.91 Å². The maximum absolute atomic E-state index is 11.8. The van der Waals surface area contributed by atoms with Crippen LogP contribution in [0.15, 0.2) is 24.3 Å². The molecule has 7 heteroatoms. The highest BCUT2D eigenvalue weighted by molar-refractivity contribution is 7.91. The quantitative estimate of drug-likeness (QED) is 0.821. The Morgan fingerprint density at radius 2 is 2.23 bits per heavy atom. The van der Waals surface area contributed by atoms with Crippen LogP contribution >= 0.6 is 11.6 Å². The zero-order valence-electron chi connectivity index (χ0n) is 12.5. The van der Waals surface area contributed by atoms with Crippen LogP contribution in [0, 0.1) is 5.92 Å². The molecule has 2 atom stereocenters. The molecular formula is C15H21ClN2O3S. The molecule has 0 bridgehead atoms. The van der Waals surface area contributed by atoms with Crippen LogP contribution in [0.4, 0.5) is 0 Å². The Labute approximate surface area is 136 Å². The second-order valence-corrected chi connectivity index (χ2v) is 8.40. The first kappa shape index (κ1) is 17.2. The van der Waals surface area contributed by atoms with E-state index in [0.717, 1.165) is 5.56 Å². The van der Waals surface area contributed by atoms with Crippen molar-refractivity contribution in [2.75, 3.05) is 24.6 Å². The maximum Gasteiger partial charge on any atom is 0.233 e. The molecular weight excluding hydrogens is 324 g/mol. The van der Waals surface area contributed by atoms with E-state index in [1.165, 1.54) is 0 Å². The summed E-state index contributed by atoms with van der Waals surface area (Å²) in [5.74, 6) is 0.328. The van der Waals surface area contributed by atoms with Crippen molar-refractivity contribution in [2.24, 2.45) is 5.92 Å². The lowest BCUT2D eigenvalue weighted by Gasteiger charge is -2.15. The summed E-state index contributed by atoms with van der Waals surface area (Å²) < 4.78 is 22.7. The molecule has 1 heterocycles. The van der Waals surface area contributed by atoms with Crippen LogP contribution in [0.3, 0.4) is 0 Å². The van der Waals surface area contributed by atoms with Gasteiger partial charge >= 0.3 is 0 Å². The first-order valence-corrected chi connectivity index (χ1v) is 9.51. The normalized spacial score (nSPS) is 21.5. The van der Waals surface area contributed by atoms with E-state index < -0.39 is 9.84 Å². The van der Waals surface area contributed by atoms with E-state index in [0.29, 0.717) is 18.0 Å². The maximum atomic E-state index is 11.8. The number of benzene rings is 1. The highest BCUT2D eigenvalue weighted by atomic mass is 35.5. The molecule has 0 aliphatic carbocycles. The average molecular weight is 345 g/mol. The summed E-state index contributed by atoms with van der Waals surface area (Å²) in [5.41, 5.74) is 1.02. The summed E-state index contributed by atoms with van der Waals surface area (Å²) in [5, 5.41) is 6.58. The number of halogens is 1. The Morgan fingerprint density at radius 1 is 1.45 bits per heavy atom. The van der Waals surface area contributed by atoms with Crippen LogP contribution in [0.5, 0.6) is 0 Å². The van der Waals surface area contributed by atoms with Gasteiger partial charge in [-0.3, -0.25) is 4.79 Å². The van der Waals surface area contributed by atoms with Crippen LogP contribution < -0.4 is 10.6 Å². The number of carbonyl (C=O) groups excluding carboxylic acids is 1. The van der Waals surface area contributed by atoms with Gasteiger partial charge in [0, 0.05) is 17.6 Å². The molecule has 0 saturated carbocycles. The van der Waals surface area contributed by atoms with Gasteiger partial charge in [0.1, 0.15) is 0 Å². The molecule has 0 aromatic heterocycles. The third-order valence-corrected chi connectivity index (χ3v) is 5.90. The van der Waals surface area contributed by atoms with E-state index in [2.05, 4.69) is 10.6 Å². The molecule has 1 fully saturated rings. The summed E-state index contributed by atoms with van der Waals surface area (Å²) >= 11 is 5.94. The Morgan fingerprint density at radius 3 is 2.86 bits per heavy atom. The molecule has 1 aromatic rings. The number of amides is 1. The molecule has 1 aliphatic heterocycles. The number of nitrogens with one attached hydrogen (secondary N) is 2. The van der Waals surface area contributed by atoms with Gasteiger partial charge in [0.15, 0.2) is 9.84 Å². The van der Waals surface area contributed by atoms with Gasteiger partial charge in [-0.15, -0.1) is 0 Å². The van der Waals surface area contributed by atoms with Crippen molar-refractivity contribution in [3.8, 4) is 0 Å². The Bertz CT molecular complexity index is 633. The number of rotatable bonds is 6. The topological polar surface area (TPSA) is 75.3 Å². The van der Waals surface area contributed by atoms with Crippen molar-refractivity contribution in [2.45, 2.75) is 19.4 Å². The highest BCUT2D eigenvalue weighted by Gasteiger charge is 2.27. The van der Waals surface area contributed by atoms with Crippen molar-refractivity contribution in [3.63, 3.8) is 0 Å². The van der Waals surface area contributed by atoms with Crippen LogP contribution in [-0.4, -0.2) is 38.9 Å². The molecule has 0 unspecified atom stereocenters. The lowest BCUT2D eigenvalue weighted by Crippen LogP contribution is -2.37. The van der Waals surface area contributed by atoms with Crippen molar-refractivity contribution in [1.82, 2.24) is 10.6 Å². The fourth-order valence-corrected chi connectivity index (χ4v) is 4.55. The lowest BCUT2D eigenvalue weighted by molar-refractivity contribution is -0.120. The van der Waals surface area contributed by atoms with Gasteiger partial charge in [0.05, 0.1) is 18.1 Å². The molecule has 2 N–H and O–H groups in total. The van der Waals surface area contributed by atoms with Gasteiger partial charge in [-0.2, -0.15) is 0 Å². The van der Waals surface area contributed by atoms with Gasteiger partial charge in [0.25, 0.3) is 0 Å². The third-order valence-electron chi connectivity index (χ3n) is 3.83. The first-order chi connectivity index (χ1) is 10.4. The molecule has 122 valence electrons. The van der Waals surface area contributed by atoms with Crippen molar-refractivity contribution in [1.29, 1.82) is 0 Å². The van der Waals surface area contributed by atoms with E-state index in [9.17, 15) is 13.2 Å². The van der Waals surface area contributed by atoms with E-state index in [1.807, 2.05) is 25.1 Å². The largest absolute Gasteiger partial charge is 0.355 e. The second-order valence-electron chi connectivity index (χ2n) is 5.73. The van der Waals surface area contributed by atoms with Gasteiger partial charge in [-0.25, -0.2) is 8.42 Å². The number of carbonyl (C=O) groups is 1. The molecule has 1 amide bonds. The Hall–Kier alpha value is -1.11. The van der Waals surface area contributed by atoms with Crippen molar-refractivity contribution < 1.29 is 13.2 Å². The Balaban J connectivity index is 1.71. The second kappa shape index (κ2) is 7.44. The van der Waals surface area contributed by atoms with E-state index in [4.69, 9.17) is 11.6 Å². The van der Waals surface area contributed by atoms with Crippen LogP contribution in [0.2, 0.25) is 5.02 Å². The third kappa shape index (κ3) is 5.26. The molecule has 22 heavy (non-hydrogen) atoms. The Kier molecular flexibility index (Phi) is 5.83. The summed E-state index contributed by atoms with van der Waals surface area (Å²) in [6.07, 6.45) is 0.634. The van der Waals surface area contributed by atoms with E-state index >= 15 is 0 Å². The summed E-state index contributed by atoms with van der Waals surface area (Å²) in [6, 6.07) is 7.50. The van der Waals surface area contributed by atoms with Gasteiger partial charge in [-0.05, 0) is 37.0 Å². The zero-order valence-corrected chi connectivity index (χ0v) is 14.1. The smallest absolute Gasteiger partial charge is 0.233 e. The van der Waals surface area contributed by atoms with E-state index in [-0.39, 0.29) is 35.9 Å². The van der Waals surface area contributed by atoms with Crippen molar-refractivity contribution >= 4 is 27.3 Å². The average Bonchev–Trinajstić information content (AvgIpc) is 2.82. The number of hydrogen-bond acceptors (Lipinski definition) is 4. The van der Waals surface area contributed by atoms with Gasteiger partial charge < -0.3 is 10.6 Å². The SMILES string of the molecule is C[C@H](NCC(=O)NC[C@@H]1CCS(=O)(=O)C1)c1cccc(Cl)c1. The van der Waals surface area contributed by atoms with Crippen LogP contribution in [0.25, 0.3) is 0 Å². The predicted molar refractivity (Wildman–Crippen MR) is 87.6 cm³/mol. The lowest BCUT2D eigenvalue weighted by atomic mass is 10.1. The molecule has 0 radical (unpaired) electrons. The summed E-state index contributed by atoms with van der Waals surface area (Å²) in [7, 11) is -2.89. The minimum absolute atomic E-state index is 0.0105. The molecule has 1 aliphatic rings. The molecule has 1 aromatic carbocycles. The van der Waals surface area contributed by atoms with Crippen molar-refractivity contribution in [3.05, 3.63) is 34.9 Å².